The van der Waals surface area contributed by atoms with Crippen LogP contribution in [0.1, 0.15) is 13.3 Å². The lowest BCUT2D eigenvalue weighted by Gasteiger charge is -2.51. The Kier molecular flexibility index (Phi) is 3.33. The van der Waals surface area contributed by atoms with Crippen molar-refractivity contribution in [3.05, 3.63) is 84.9 Å². The standard InChI is InChI=1S/C31H21NO3Si/c1-2-16-36-29-21-17-18-8-3-4-9-19(18)28(29)35-25-13-7-12-24(30(25)36)34-26-15-14-23-27(31(26)36)32(21)20-10-5-6-11-22(20)33-23/h3-15,17H,2,16H2,1H3. The number of benzene rings is 5. The first-order valence-corrected chi connectivity index (χ1v) is 14.8. The molecule has 172 valence electrons. The van der Waals surface area contributed by atoms with Crippen LogP contribution in [0.5, 0.6) is 34.5 Å². The summed E-state index contributed by atoms with van der Waals surface area (Å²) in [6.07, 6.45) is 1.08. The molecule has 0 aliphatic carbocycles. The van der Waals surface area contributed by atoms with E-state index in [9.17, 15) is 0 Å². The van der Waals surface area contributed by atoms with Crippen molar-refractivity contribution in [1.29, 1.82) is 0 Å². The minimum Gasteiger partial charge on any atom is -0.457 e. The number of ether oxygens (including phenoxy) is 3. The molecular formula is C31H21NO3Si. The molecule has 0 fully saturated rings. The van der Waals surface area contributed by atoms with E-state index in [2.05, 4.69) is 90.7 Å². The number of anilines is 3. The fourth-order valence-corrected chi connectivity index (χ4v) is 12.8. The SMILES string of the molecule is CCC[Si]12c3c4cccc3Oc3c1c(cc1ccccc31)N1c3ccccc3Oc3ccc(c2c31)O4. The Morgan fingerprint density at radius 3 is 2.28 bits per heavy atom. The van der Waals surface area contributed by atoms with Gasteiger partial charge in [0.05, 0.1) is 17.1 Å². The number of hydrogen-bond acceptors (Lipinski definition) is 4. The lowest BCUT2D eigenvalue weighted by Crippen LogP contribution is -2.73. The summed E-state index contributed by atoms with van der Waals surface area (Å²) in [5, 5.41) is 6.32. The third kappa shape index (κ3) is 2.01. The van der Waals surface area contributed by atoms with Crippen molar-refractivity contribution in [2.24, 2.45) is 0 Å². The molecule has 0 aromatic heterocycles. The maximum absolute atomic E-state index is 6.86. The van der Waals surface area contributed by atoms with Crippen molar-refractivity contribution < 1.29 is 14.2 Å². The highest BCUT2D eigenvalue weighted by atomic mass is 28.3. The van der Waals surface area contributed by atoms with Gasteiger partial charge >= 0.3 is 0 Å². The van der Waals surface area contributed by atoms with Gasteiger partial charge in [-0.15, -0.1) is 0 Å². The van der Waals surface area contributed by atoms with E-state index >= 15 is 0 Å². The molecule has 0 N–H and O–H groups in total. The summed E-state index contributed by atoms with van der Waals surface area (Å²) in [4.78, 5) is 2.41. The van der Waals surface area contributed by atoms with Crippen molar-refractivity contribution in [1.82, 2.24) is 0 Å². The van der Waals surface area contributed by atoms with Crippen molar-refractivity contribution >= 4 is 51.5 Å². The van der Waals surface area contributed by atoms with Gasteiger partial charge in [0.15, 0.2) is 19.6 Å². The molecular weight excluding hydrogens is 462 g/mol. The van der Waals surface area contributed by atoms with Gasteiger partial charge in [-0.25, -0.2) is 0 Å². The van der Waals surface area contributed by atoms with Crippen LogP contribution < -0.4 is 34.7 Å². The van der Waals surface area contributed by atoms with Crippen LogP contribution in [0.15, 0.2) is 84.9 Å². The summed E-state index contributed by atoms with van der Waals surface area (Å²) in [6, 6.07) is 30.9. The van der Waals surface area contributed by atoms with Crippen LogP contribution in [0.3, 0.4) is 0 Å². The number of nitrogens with zero attached hydrogens (tertiary/aromatic N) is 1. The van der Waals surface area contributed by atoms with Gasteiger partial charge in [-0.2, -0.15) is 0 Å². The molecule has 4 heterocycles. The highest BCUT2D eigenvalue weighted by Gasteiger charge is 2.58. The zero-order valence-corrected chi connectivity index (χ0v) is 20.7. The summed E-state index contributed by atoms with van der Waals surface area (Å²) >= 11 is 0. The molecule has 4 nitrogen and oxygen atoms in total. The van der Waals surface area contributed by atoms with E-state index in [4.69, 9.17) is 14.2 Å². The summed E-state index contributed by atoms with van der Waals surface area (Å²) in [6.45, 7) is 2.30. The lowest BCUT2D eigenvalue weighted by molar-refractivity contribution is 0.457. The van der Waals surface area contributed by atoms with Crippen molar-refractivity contribution in [3.8, 4) is 34.5 Å². The molecule has 0 saturated heterocycles. The Hall–Kier alpha value is -4.22. The number of rotatable bonds is 2. The van der Waals surface area contributed by atoms with Crippen LogP contribution in [0, 0.1) is 0 Å². The second kappa shape index (κ2) is 6.31. The molecule has 9 rings (SSSR count). The highest BCUT2D eigenvalue weighted by Crippen LogP contribution is 2.57. The number of para-hydroxylation sites is 2. The van der Waals surface area contributed by atoms with Crippen LogP contribution in [0.25, 0.3) is 10.8 Å². The third-order valence-electron chi connectivity index (χ3n) is 8.20. The Labute approximate surface area is 209 Å². The largest absolute Gasteiger partial charge is 0.457 e. The topological polar surface area (TPSA) is 30.9 Å². The van der Waals surface area contributed by atoms with Gasteiger partial charge < -0.3 is 19.1 Å². The molecule has 4 aliphatic heterocycles. The summed E-state index contributed by atoms with van der Waals surface area (Å²) in [5.41, 5.74) is 3.41. The van der Waals surface area contributed by atoms with E-state index in [0.717, 1.165) is 58.3 Å². The molecule has 0 amide bonds. The molecule has 4 aliphatic rings. The lowest BCUT2D eigenvalue weighted by atomic mass is 10.0. The fourth-order valence-electron chi connectivity index (χ4n) is 7.02. The maximum Gasteiger partial charge on any atom is 0.173 e. The van der Waals surface area contributed by atoms with Gasteiger partial charge in [-0.05, 0) is 53.9 Å². The molecule has 5 aromatic rings. The number of hydrogen-bond donors (Lipinski definition) is 0. The van der Waals surface area contributed by atoms with Crippen molar-refractivity contribution in [3.63, 3.8) is 0 Å². The highest BCUT2D eigenvalue weighted by molar-refractivity contribution is 7.15. The zero-order valence-electron chi connectivity index (χ0n) is 19.7. The van der Waals surface area contributed by atoms with E-state index in [1.807, 2.05) is 6.07 Å². The normalized spacial score (nSPS) is 18.5. The Morgan fingerprint density at radius 1 is 0.639 bits per heavy atom. The van der Waals surface area contributed by atoms with Crippen LogP contribution in [-0.4, -0.2) is 8.07 Å². The first-order chi connectivity index (χ1) is 17.8. The minimum atomic E-state index is -2.52. The van der Waals surface area contributed by atoms with Gasteiger partial charge in [0.1, 0.15) is 23.0 Å². The molecule has 1 unspecified atom stereocenters. The average Bonchev–Trinajstić information content (AvgIpc) is 2.91. The van der Waals surface area contributed by atoms with Crippen LogP contribution >= 0.6 is 0 Å². The van der Waals surface area contributed by atoms with E-state index in [1.54, 1.807) is 0 Å². The average molecular weight is 484 g/mol. The number of fused-ring (bicyclic) bond motifs is 5. The molecule has 5 heteroatoms. The fraction of sp³-hybridized carbons (Fsp3) is 0.0968. The third-order valence-corrected chi connectivity index (χ3v) is 13.5. The summed E-state index contributed by atoms with van der Waals surface area (Å²) in [7, 11) is -2.52. The Morgan fingerprint density at radius 2 is 1.36 bits per heavy atom. The van der Waals surface area contributed by atoms with Gasteiger partial charge in [0.25, 0.3) is 0 Å². The molecule has 1 atom stereocenters. The first kappa shape index (κ1) is 19.0. The molecule has 0 radical (unpaired) electrons. The second-order valence-corrected chi connectivity index (χ2v) is 13.8. The molecule has 0 bridgehead atoms. The van der Waals surface area contributed by atoms with E-state index in [0.29, 0.717) is 0 Å². The van der Waals surface area contributed by atoms with Gasteiger partial charge in [0, 0.05) is 20.9 Å². The van der Waals surface area contributed by atoms with E-state index in [-0.39, 0.29) is 0 Å². The summed E-state index contributed by atoms with van der Waals surface area (Å²) < 4.78 is 20.0. The maximum atomic E-state index is 6.86. The van der Waals surface area contributed by atoms with Crippen LogP contribution in [-0.2, 0) is 0 Å². The van der Waals surface area contributed by atoms with Gasteiger partial charge in [-0.1, -0.05) is 55.8 Å². The van der Waals surface area contributed by atoms with Crippen LogP contribution in [0.4, 0.5) is 17.1 Å². The van der Waals surface area contributed by atoms with Crippen molar-refractivity contribution in [2.75, 3.05) is 4.90 Å². The van der Waals surface area contributed by atoms with Gasteiger partial charge in [0.2, 0.25) is 0 Å². The first-order valence-electron chi connectivity index (χ1n) is 12.6. The molecule has 0 saturated carbocycles. The van der Waals surface area contributed by atoms with Crippen LogP contribution in [0.2, 0.25) is 6.04 Å². The predicted octanol–water partition coefficient (Wildman–Crippen LogP) is 6.82. The van der Waals surface area contributed by atoms with E-state index < -0.39 is 8.07 Å². The summed E-state index contributed by atoms with van der Waals surface area (Å²) in [5.74, 6) is 5.61. The molecule has 5 aromatic carbocycles. The quantitative estimate of drug-likeness (QED) is 0.253. The minimum absolute atomic E-state index is 0.867. The predicted molar refractivity (Wildman–Crippen MR) is 145 cm³/mol. The molecule has 36 heavy (non-hydrogen) atoms. The monoisotopic (exact) mass is 483 g/mol. The Bertz CT molecular complexity index is 1810. The molecule has 0 spiro atoms. The van der Waals surface area contributed by atoms with Crippen molar-refractivity contribution in [2.45, 2.75) is 19.4 Å². The smallest absolute Gasteiger partial charge is 0.173 e. The second-order valence-electron chi connectivity index (χ2n) is 10.0. The van der Waals surface area contributed by atoms with E-state index in [1.165, 1.54) is 32.0 Å². The van der Waals surface area contributed by atoms with Gasteiger partial charge in [-0.3, -0.25) is 0 Å². The Balaban J connectivity index is 1.55. The zero-order chi connectivity index (χ0) is 23.6.